The number of nitrogens with two attached hydrogens (primary N) is 1. The van der Waals surface area contributed by atoms with E-state index in [0.29, 0.717) is 12.7 Å². The molecular formula is C9H21N3. The van der Waals surface area contributed by atoms with Crippen LogP contribution >= 0.6 is 0 Å². The van der Waals surface area contributed by atoms with Crippen molar-refractivity contribution in [3.8, 4) is 0 Å². The topological polar surface area (TPSA) is 41.3 Å². The van der Waals surface area contributed by atoms with Gasteiger partial charge >= 0.3 is 0 Å². The zero-order chi connectivity index (χ0) is 9.56. The Hall–Kier alpha value is -0.380. The summed E-state index contributed by atoms with van der Waals surface area (Å²) in [5.41, 5.74) is 6.83. The van der Waals surface area contributed by atoms with Crippen molar-refractivity contribution in [1.29, 1.82) is 0 Å². The maximum atomic E-state index is 5.47. The van der Waals surface area contributed by atoms with Gasteiger partial charge in [0.15, 0.2) is 0 Å². The van der Waals surface area contributed by atoms with Crippen LogP contribution in [-0.2, 0) is 0 Å². The standard InChI is InChI=1S/C9H21N3/c1-5-8(6-7-10)9(11-2)12(3)4/h6,9,11H,5,7,10H2,1-4H3/b8-6+. The van der Waals surface area contributed by atoms with Crippen LogP contribution in [0.3, 0.4) is 0 Å². The maximum absolute atomic E-state index is 5.47. The number of hydrogen-bond donors (Lipinski definition) is 2. The Bertz CT molecular complexity index is 141. The second kappa shape index (κ2) is 6.17. The first-order valence-electron chi connectivity index (χ1n) is 4.40. The van der Waals surface area contributed by atoms with Crippen LogP contribution < -0.4 is 11.1 Å². The van der Waals surface area contributed by atoms with Crippen molar-refractivity contribution < 1.29 is 0 Å². The van der Waals surface area contributed by atoms with E-state index in [4.69, 9.17) is 5.73 Å². The first-order chi connectivity index (χ1) is 5.67. The van der Waals surface area contributed by atoms with Crippen LogP contribution in [0.15, 0.2) is 11.6 Å². The van der Waals surface area contributed by atoms with Gasteiger partial charge in [0.05, 0.1) is 6.17 Å². The van der Waals surface area contributed by atoms with E-state index in [1.807, 2.05) is 7.05 Å². The Morgan fingerprint density at radius 2 is 2.17 bits per heavy atom. The molecule has 3 N–H and O–H groups in total. The number of likely N-dealkylation sites (N-methyl/N-ethyl adjacent to an activating group) is 2. The molecule has 0 radical (unpaired) electrons. The lowest BCUT2D eigenvalue weighted by atomic mass is 10.1. The summed E-state index contributed by atoms with van der Waals surface area (Å²) in [4.78, 5) is 2.14. The van der Waals surface area contributed by atoms with Crippen LogP contribution in [0.5, 0.6) is 0 Å². The van der Waals surface area contributed by atoms with Crippen molar-refractivity contribution in [3.05, 3.63) is 11.6 Å². The summed E-state index contributed by atoms with van der Waals surface area (Å²) in [5, 5.41) is 3.24. The molecule has 1 unspecified atom stereocenters. The molecule has 0 bridgehead atoms. The summed E-state index contributed by atoms with van der Waals surface area (Å²) in [7, 11) is 6.08. The monoisotopic (exact) mass is 171 g/mol. The Kier molecular flexibility index (Phi) is 5.98. The van der Waals surface area contributed by atoms with E-state index in [1.165, 1.54) is 5.57 Å². The first kappa shape index (κ1) is 11.6. The van der Waals surface area contributed by atoms with Gasteiger partial charge in [-0.25, -0.2) is 0 Å². The fraction of sp³-hybridized carbons (Fsp3) is 0.778. The molecule has 1 atom stereocenters. The smallest absolute Gasteiger partial charge is 0.0812 e. The zero-order valence-corrected chi connectivity index (χ0v) is 8.59. The summed E-state index contributed by atoms with van der Waals surface area (Å²) in [6.45, 7) is 2.77. The van der Waals surface area contributed by atoms with Gasteiger partial charge in [0.1, 0.15) is 0 Å². The molecule has 3 nitrogen and oxygen atoms in total. The molecule has 0 aromatic carbocycles. The summed E-state index contributed by atoms with van der Waals surface area (Å²) >= 11 is 0. The lowest BCUT2D eigenvalue weighted by Gasteiger charge is -2.26. The molecule has 0 spiro atoms. The van der Waals surface area contributed by atoms with Gasteiger partial charge in [0, 0.05) is 6.54 Å². The van der Waals surface area contributed by atoms with Gasteiger partial charge in [-0.15, -0.1) is 0 Å². The molecule has 0 aliphatic rings. The predicted molar refractivity (Wildman–Crippen MR) is 54.0 cm³/mol. The van der Waals surface area contributed by atoms with Crippen LogP contribution in [0, 0.1) is 0 Å². The quantitative estimate of drug-likeness (QED) is 0.464. The van der Waals surface area contributed by atoms with E-state index in [9.17, 15) is 0 Å². The fourth-order valence-corrected chi connectivity index (χ4v) is 1.38. The largest absolute Gasteiger partial charge is 0.327 e. The molecule has 3 heteroatoms. The van der Waals surface area contributed by atoms with E-state index in [1.54, 1.807) is 0 Å². The number of hydrogen-bond acceptors (Lipinski definition) is 3. The summed E-state index contributed by atoms with van der Waals surface area (Å²) in [5.74, 6) is 0. The van der Waals surface area contributed by atoms with E-state index in [0.717, 1.165) is 6.42 Å². The van der Waals surface area contributed by atoms with Crippen molar-refractivity contribution in [3.63, 3.8) is 0 Å². The second-order valence-electron chi connectivity index (χ2n) is 3.02. The third kappa shape index (κ3) is 3.34. The first-order valence-corrected chi connectivity index (χ1v) is 4.40. The lowest BCUT2D eigenvalue weighted by molar-refractivity contribution is 0.292. The third-order valence-corrected chi connectivity index (χ3v) is 1.93. The molecular weight excluding hydrogens is 150 g/mol. The van der Waals surface area contributed by atoms with Crippen molar-refractivity contribution in [2.24, 2.45) is 5.73 Å². The number of nitrogens with zero attached hydrogens (tertiary/aromatic N) is 1. The highest BCUT2D eigenvalue weighted by atomic mass is 15.2. The highest BCUT2D eigenvalue weighted by molar-refractivity contribution is 5.09. The molecule has 0 saturated carbocycles. The van der Waals surface area contributed by atoms with Crippen LogP contribution in [0.1, 0.15) is 13.3 Å². The Morgan fingerprint density at radius 3 is 2.42 bits per heavy atom. The predicted octanol–water partition coefficient (Wildman–Crippen LogP) is 0.389. The van der Waals surface area contributed by atoms with Crippen LogP contribution in [0.2, 0.25) is 0 Å². The maximum Gasteiger partial charge on any atom is 0.0812 e. The van der Waals surface area contributed by atoms with Gasteiger partial charge in [0.2, 0.25) is 0 Å². The Labute approximate surface area is 75.6 Å². The normalized spacial score (nSPS) is 15.3. The molecule has 72 valence electrons. The van der Waals surface area contributed by atoms with Gasteiger partial charge in [-0.1, -0.05) is 13.0 Å². The van der Waals surface area contributed by atoms with Gasteiger partial charge in [-0.05, 0) is 33.1 Å². The number of nitrogens with one attached hydrogen (secondary N) is 1. The number of rotatable bonds is 5. The minimum absolute atomic E-state index is 0.318. The van der Waals surface area contributed by atoms with E-state index >= 15 is 0 Å². The average Bonchev–Trinajstić information content (AvgIpc) is 2.03. The Morgan fingerprint density at radius 1 is 1.58 bits per heavy atom. The molecule has 0 amide bonds. The van der Waals surface area contributed by atoms with E-state index in [-0.39, 0.29) is 0 Å². The van der Waals surface area contributed by atoms with Gasteiger partial charge in [0.25, 0.3) is 0 Å². The van der Waals surface area contributed by atoms with E-state index in [2.05, 4.69) is 37.3 Å². The van der Waals surface area contributed by atoms with E-state index < -0.39 is 0 Å². The molecule has 0 aromatic heterocycles. The molecule has 0 saturated heterocycles. The minimum Gasteiger partial charge on any atom is -0.327 e. The second-order valence-corrected chi connectivity index (χ2v) is 3.02. The summed E-state index contributed by atoms with van der Waals surface area (Å²) in [6.07, 6.45) is 3.45. The van der Waals surface area contributed by atoms with Crippen molar-refractivity contribution in [2.75, 3.05) is 27.7 Å². The molecule has 0 fully saturated rings. The average molecular weight is 171 g/mol. The van der Waals surface area contributed by atoms with Crippen LogP contribution in [0.4, 0.5) is 0 Å². The van der Waals surface area contributed by atoms with Crippen LogP contribution in [-0.4, -0.2) is 38.8 Å². The third-order valence-electron chi connectivity index (χ3n) is 1.93. The zero-order valence-electron chi connectivity index (χ0n) is 8.59. The summed E-state index contributed by atoms with van der Waals surface area (Å²) < 4.78 is 0. The minimum atomic E-state index is 0.318. The van der Waals surface area contributed by atoms with Crippen molar-refractivity contribution >= 4 is 0 Å². The molecule has 0 aliphatic heterocycles. The molecule has 0 aromatic rings. The fourth-order valence-electron chi connectivity index (χ4n) is 1.38. The molecule has 0 aliphatic carbocycles. The highest BCUT2D eigenvalue weighted by Gasteiger charge is 2.11. The lowest BCUT2D eigenvalue weighted by Crippen LogP contribution is -2.40. The van der Waals surface area contributed by atoms with Crippen molar-refractivity contribution in [2.45, 2.75) is 19.5 Å². The Balaban J connectivity index is 4.33. The SMILES string of the molecule is CC/C(=C\CN)C(NC)N(C)C. The van der Waals surface area contributed by atoms with Gasteiger partial charge < -0.3 is 11.1 Å². The molecule has 0 heterocycles. The van der Waals surface area contributed by atoms with Gasteiger partial charge in [-0.3, -0.25) is 4.90 Å². The van der Waals surface area contributed by atoms with Gasteiger partial charge in [-0.2, -0.15) is 0 Å². The summed E-state index contributed by atoms with van der Waals surface area (Å²) in [6, 6.07) is 0. The highest BCUT2D eigenvalue weighted by Crippen LogP contribution is 2.07. The van der Waals surface area contributed by atoms with Crippen molar-refractivity contribution in [1.82, 2.24) is 10.2 Å². The molecule has 12 heavy (non-hydrogen) atoms. The van der Waals surface area contributed by atoms with Crippen LogP contribution in [0.25, 0.3) is 0 Å². The molecule has 0 rings (SSSR count).